The summed E-state index contributed by atoms with van der Waals surface area (Å²) in [4.78, 5) is 11.8. The highest BCUT2D eigenvalue weighted by Crippen LogP contribution is 2.20. The molecule has 1 aromatic carbocycles. The lowest BCUT2D eigenvalue weighted by atomic mass is 9.90. The van der Waals surface area contributed by atoms with Crippen molar-refractivity contribution in [2.45, 2.75) is 73.1 Å². The zero-order valence-corrected chi connectivity index (χ0v) is 15.0. The summed E-state index contributed by atoms with van der Waals surface area (Å²) in [6.07, 6.45) is 1.49. The van der Waals surface area contributed by atoms with Gasteiger partial charge in [0.2, 0.25) is 5.91 Å². The Morgan fingerprint density at radius 1 is 1.00 bits per heavy atom. The number of hydrogen-bond acceptors (Lipinski definition) is 2. The minimum Gasteiger partial charge on any atom is -0.371 e. The van der Waals surface area contributed by atoms with Crippen LogP contribution in [-0.2, 0) is 22.7 Å². The van der Waals surface area contributed by atoms with Crippen molar-refractivity contribution in [2.75, 3.05) is 0 Å². The summed E-state index contributed by atoms with van der Waals surface area (Å²) in [6.45, 7) is 13.8. The molecule has 0 heterocycles. The van der Waals surface area contributed by atoms with Gasteiger partial charge < -0.3 is 10.1 Å². The summed E-state index contributed by atoms with van der Waals surface area (Å²) in [5.74, 6) is 0.120. The van der Waals surface area contributed by atoms with E-state index < -0.39 is 0 Å². The molecule has 0 aliphatic rings. The molecule has 0 saturated heterocycles. The summed E-state index contributed by atoms with van der Waals surface area (Å²) in [5.41, 5.74) is 2.34. The number of nitrogens with one attached hydrogen (secondary N) is 1. The van der Waals surface area contributed by atoms with Gasteiger partial charge in [0.25, 0.3) is 0 Å². The highest BCUT2D eigenvalue weighted by molar-refractivity contribution is 5.75. The van der Waals surface area contributed by atoms with Crippen LogP contribution in [0.2, 0.25) is 0 Å². The van der Waals surface area contributed by atoms with Gasteiger partial charge >= 0.3 is 0 Å². The van der Waals surface area contributed by atoms with Crippen LogP contribution in [0, 0.1) is 5.41 Å². The van der Waals surface area contributed by atoms with Gasteiger partial charge in [0.15, 0.2) is 0 Å². The second-order valence-corrected chi connectivity index (χ2v) is 8.05. The number of rotatable bonds is 6. The third kappa shape index (κ3) is 8.83. The molecule has 0 aliphatic carbocycles. The molecule has 0 radical (unpaired) electrons. The molecule has 1 amide bonds. The van der Waals surface area contributed by atoms with Crippen LogP contribution >= 0.6 is 0 Å². The van der Waals surface area contributed by atoms with Crippen LogP contribution in [0.3, 0.4) is 0 Å². The maximum atomic E-state index is 11.8. The van der Waals surface area contributed by atoms with Crippen LogP contribution in [0.25, 0.3) is 0 Å². The van der Waals surface area contributed by atoms with Crippen molar-refractivity contribution in [1.29, 1.82) is 0 Å². The minimum atomic E-state index is -0.125. The topological polar surface area (TPSA) is 38.3 Å². The molecular formula is C19H31NO2. The van der Waals surface area contributed by atoms with Crippen molar-refractivity contribution in [3.63, 3.8) is 0 Å². The van der Waals surface area contributed by atoms with Crippen molar-refractivity contribution in [3.8, 4) is 0 Å². The Kier molecular flexibility index (Phi) is 6.61. The Hall–Kier alpha value is -1.35. The highest BCUT2D eigenvalue weighted by Gasteiger charge is 2.13. The van der Waals surface area contributed by atoms with Gasteiger partial charge in [-0.3, -0.25) is 4.79 Å². The van der Waals surface area contributed by atoms with E-state index in [0.29, 0.717) is 19.6 Å². The summed E-state index contributed by atoms with van der Waals surface area (Å²) >= 11 is 0. The summed E-state index contributed by atoms with van der Waals surface area (Å²) < 4.78 is 5.75. The molecule has 22 heavy (non-hydrogen) atoms. The largest absolute Gasteiger partial charge is 0.371 e. The lowest BCUT2D eigenvalue weighted by Gasteiger charge is -2.19. The Bertz CT molecular complexity index is 464. The molecule has 1 aromatic rings. The first-order valence-corrected chi connectivity index (χ1v) is 8.04. The predicted octanol–water partition coefficient (Wildman–Crippen LogP) is 4.44. The lowest BCUT2D eigenvalue weighted by molar-refractivity contribution is -0.121. The lowest BCUT2D eigenvalue weighted by Crippen LogP contribution is -2.24. The molecular weight excluding hydrogens is 274 g/mol. The van der Waals surface area contributed by atoms with Gasteiger partial charge in [-0.1, -0.05) is 45.0 Å². The Labute approximate surface area is 135 Å². The van der Waals surface area contributed by atoms with Crippen LogP contribution in [0.1, 0.15) is 65.5 Å². The van der Waals surface area contributed by atoms with E-state index in [2.05, 4.69) is 59.0 Å². The molecule has 3 nitrogen and oxygen atoms in total. The molecule has 3 heteroatoms. The van der Waals surface area contributed by atoms with Crippen molar-refractivity contribution in [1.82, 2.24) is 5.32 Å². The fourth-order valence-corrected chi connectivity index (χ4v) is 1.83. The van der Waals surface area contributed by atoms with Gasteiger partial charge in [0.05, 0.1) is 12.2 Å². The van der Waals surface area contributed by atoms with Crippen molar-refractivity contribution < 1.29 is 9.53 Å². The number of ether oxygens (including phenoxy) is 1. The van der Waals surface area contributed by atoms with Gasteiger partial charge in [-0.05, 0) is 43.7 Å². The minimum absolute atomic E-state index is 0.120. The third-order valence-electron chi connectivity index (χ3n) is 3.29. The monoisotopic (exact) mass is 305 g/mol. The average Bonchev–Trinajstić information content (AvgIpc) is 2.40. The number of carbonyl (C=O) groups is 1. The second kappa shape index (κ2) is 7.77. The van der Waals surface area contributed by atoms with Gasteiger partial charge in [-0.25, -0.2) is 0 Å². The zero-order chi connectivity index (χ0) is 16.8. The van der Waals surface area contributed by atoms with Crippen LogP contribution in [0.5, 0.6) is 0 Å². The molecule has 0 atom stereocenters. The predicted molar refractivity (Wildman–Crippen MR) is 91.5 cm³/mol. The Morgan fingerprint density at radius 2 is 1.55 bits per heavy atom. The number of benzene rings is 1. The van der Waals surface area contributed by atoms with Gasteiger partial charge in [0, 0.05) is 13.0 Å². The molecule has 0 aromatic heterocycles. The molecule has 1 N–H and O–H groups in total. The standard InChI is InChI=1S/C19H31NO2/c1-18(2,3)12-11-17(21)20-13-15-7-9-16(10-8-15)14-22-19(4,5)6/h7-10H,11-14H2,1-6H3,(H,20,21). The first-order chi connectivity index (χ1) is 10.1. The maximum Gasteiger partial charge on any atom is 0.220 e. The SMILES string of the molecule is CC(C)(C)CCC(=O)NCc1ccc(COC(C)(C)C)cc1. The van der Waals surface area contributed by atoms with Crippen molar-refractivity contribution >= 4 is 5.91 Å². The van der Waals surface area contributed by atoms with Gasteiger partial charge in [0.1, 0.15) is 0 Å². The number of hydrogen-bond donors (Lipinski definition) is 1. The molecule has 1 rings (SSSR count). The second-order valence-electron chi connectivity index (χ2n) is 8.05. The number of carbonyl (C=O) groups excluding carboxylic acids is 1. The quantitative estimate of drug-likeness (QED) is 0.843. The fourth-order valence-electron chi connectivity index (χ4n) is 1.83. The van der Waals surface area contributed by atoms with Gasteiger partial charge in [-0.2, -0.15) is 0 Å². The average molecular weight is 305 g/mol. The smallest absolute Gasteiger partial charge is 0.220 e. The first-order valence-electron chi connectivity index (χ1n) is 8.04. The van der Waals surface area contributed by atoms with Crippen LogP contribution < -0.4 is 5.32 Å². The van der Waals surface area contributed by atoms with Crippen LogP contribution in [0.15, 0.2) is 24.3 Å². The molecule has 124 valence electrons. The summed E-state index contributed by atoms with van der Waals surface area (Å²) in [7, 11) is 0. The molecule has 0 aliphatic heterocycles. The van der Waals surface area contributed by atoms with Gasteiger partial charge in [-0.15, -0.1) is 0 Å². The van der Waals surface area contributed by atoms with Crippen LogP contribution in [0.4, 0.5) is 0 Å². The Morgan fingerprint density at radius 3 is 2.05 bits per heavy atom. The van der Waals surface area contributed by atoms with Crippen molar-refractivity contribution in [3.05, 3.63) is 35.4 Å². The van der Waals surface area contributed by atoms with Crippen molar-refractivity contribution in [2.24, 2.45) is 5.41 Å². The van der Waals surface area contributed by atoms with E-state index in [1.165, 1.54) is 0 Å². The molecule has 0 unspecified atom stereocenters. The zero-order valence-electron chi connectivity index (χ0n) is 15.0. The van der Waals surface area contributed by atoms with E-state index in [9.17, 15) is 4.79 Å². The Balaban J connectivity index is 2.37. The van der Waals surface area contributed by atoms with Crippen LogP contribution in [-0.4, -0.2) is 11.5 Å². The van der Waals surface area contributed by atoms with E-state index in [1.807, 2.05) is 12.1 Å². The van der Waals surface area contributed by atoms with E-state index >= 15 is 0 Å². The first kappa shape index (κ1) is 18.7. The molecule has 0 saturated carbocycles. The fraction of sp³-hybridized carbons (Fsp3) is 0.632. The van der Waals surface area contributed by atoms with E-state index in [-0.39, 0.29) is 16.9 Å². The summed E-state index contributed by atoms with van der Waals surface area (Å²) in [5, 5.41) is 2.98. The van der Waals surface area contributed by atoms with E-state index in [0.717, 1.165) is 17.5 Å². The summed E-state index contributed by atoms with van der Waals surface area (Å²) in [6, 6.07) is 8.21. The normalized spacial score (nSPS) is 12.3. The maximum absolute atomic E-state index is 11.8. The number of amides is 1. The van der Waals surface area contributed by atoms with E-state index in [4.69, 9.17) is 4.74 Å². The van der Waals surface area contributed by atoms with E-state index in [1.54, 1.807) is 0 Å². The molecule has 0 spiro atoms. The molecule has 0 bridgehead atoms. The highest BCUT2D eigenvalue weighted by atomic mass is 16.5. The molecule has 0 fully saturated rings. The third-order valence-corrected chi connectivity index (χ3v) is 3.29.